The molecule has 0 saturated carbocycles. The lowest BCUT2D eigenvalue weighted by molar-refractivity contribution is 0.102. The molecule has 5 rings (SSSR count). The number of aromatic nitrogens is 1. The molecular formula is C22H20N2O2S2. The highest BCUT2D eigenvalue weighted by Gasteiger charge is 2.26. The first-order valence-electron chi connectivity index (χ1n) is 9.49. The molecule has 1 aromatic carbocycles. The SMILES string of the molecule is Cc1cc(C(=O)Nc2sc3c(c2-c2nc4ccccc4s2)CCCC3)c(C)o1. The van der Waals surface area contributed by atoms with E-state index in [1.807, 2.05) is 32.0 Å². The number of hydrogen-bond donors (Lipinski definition) is 1. The molecule has 4 aromatic rings. The number of furan rings is 1. The lowest BCUT2D eigenvalue weighted by Gasteiger charge is -2.11. The van der Waals surface area contributed by atoms with Crippen LogP contribution in [-0.2, 0) is 12.8 Å². The van der Waals surface area contributed by atoms with Crippen LogP contribution >= 0.6 is 22.7 Å². The number of thiophene rings is 1. The minimum Gasteiger partial charge on any atom is -0.466 e. The highest BCUT2D eigenvalue weighted by molar-refractivity contribution is 7.23. The maximum Gasteiger partial charge on any atom is 0.259 e. The second-order valence-electron chi connectivity index (χ2n) is 7.18. The average Bonchev–Trinajstić information content (AvgIpc) is 3.35. The van der Waals surface area contributed by atoms with Gasteiger partial charge in [-0.05, 0) is 63.3 Å². The first kappa shape index (κ1) is 17.6. The number of thiazole rings is 1. The largest absolute Gasteiger partial charge is 0.466 e. The fourth-order valence-corrected chi connectivity index (χ4v) is 6.28. The van der Waals surface area contributed by atoms with Crippen LogP contribution < -0.4 is 5.32 Å². The Balaban J connectivity index is 1.60. The van der Waals surface area contributed by atoms with Crippen molar-refractivity contribution in [2.24, 2.45) is 0 Å². The third-order valence-electron chi connectivity index (χ3n) is 5.19. The van der Waals surface area contributed by atoms with E-state index in [9.17, 15) is 4.79 Å². The van der Waals surface area contributed by atoms with Gasteiger partial charge in [-0.25, -0.2) is 4.98 Å². The van der Waals surface area contributed by atoms with Gasteiger partial charge in [-0.3, -0.25) is 4.79 Å². The fraction of sp³-hybridized carbons (Fsp3) is 0.273. The number of fused-ring (bicyclic) bond motifs is 2. The topological polar surface area (TPSA) is 55.1 Å². The molecule has 3 heterocycles. The van der Waals surface area contributed by atoms with E-state index in [4.69, 9.17) is 9.40 Å². The van der Waals surface area contributed by atoms with Gasteiger partial charge in [0.15, 0.2) is 0 Å². The summed E-state index contributed by atoms with van der Waals surface area (Å²) in [6.07, 6.45) is 4.53. The lowest BCUT2D eigenvalue weighted by Crippen LogP contribution is -2.12. The molecule has 0 saturated heterocycles. The van der Waals surface area contributed by atoms with E-state index in [1.54, 1.807) is 28.7 Å². The maximum absolute atomic E-state index is 12.9. The molecule has 0 atom stereocenters. The smallest absolute Gasteiger partial charge is 0.259 e. The van der Waals surface area contributed by atoms with Crippen LogP contribution in [0.3, 0.4) is 0 Å². The Hall–Kier alpha value is -2.44. The lowest BCUT2D eigenvalue weighted by atomic mass is 9.95. The number of carbonyl (C=O) groups excluding carboxylic acids is 1. The van der Waals surface area contributed by atoms with Crippen molar-refractivity contribution in [3.8, 4) is 10.6 Å². The summed E-state index contributed by atoms with van der Waals surface area (Å²) in [5, 5.41) is 5.07. The normalized spacial score (nSPS) is 13.6. The number of nitrogens with zero attached hydrogens (tertiary/aromatic N) is 1. The summed E-state index contributed by atoms with van der Waals surface area (Å²) in [5.41, 5.74) is 4.09. The zero-order chi connectivity index (χ0) is 19.3. The van der Waals surface area contributed by atoms with Crippen LogP contribution in [0.1, 0.15) is 45.2 Å². The summed E-state index contributed by atoms with van der Waals surface area (Å²) in [7, 11) is 0. The van der Waals surface area contributed by atoms with Crippen LogP contribution in [0.2, 0.25) is 0 Å². The summed E-state index contributed by atoms with van der Waals surface area (Å²) in [6, 6.07) is 10.0. The van der Waals surface area contributed by atoms with Gasteiger partial charge in [0.05, 0.1) is 15.8 Å². The summed E-state index contributed by atoms with van der Waals surface area (Å²) >= 11 is 3.40. The molecule has 28 heavy (non-hydrogen) atoms. The van der Waals surface area contributed by atoms with Crippen molar-refractivity contribution in [3.63, 3.8) is 0 Å². The van der Waals surface area contributed by atoms with Gasteiger partial charge < -0.3 is 9.73 Å². The highest BCUT2D eigenvalue weighted by Crippen LogP contribution is 2.46. The summed E-state index contributed by atoms with van der Waals surface area (Å²) in [5.74, 6) is 1.28. The molecule has 0 aliphatic heterocycles. The Labute approximate surface area is 171 Å². The average molecular weight is 409 g/mol. The Morgan fingerprint density at radius 3 is 2.75 bits per heavy atom. The first-order valence-corrected chi connectivity index (χ1v) is 11.1. The Bertz CT molecular complexity index is 1170. The summed E-state index contributed by atoms with van der Waals surface area (Å²) < 4.78 is 6.71. The quantitative estimate of drug-likeness (QED) is 0.429. The number of rotatable bonds is 3. The third-order valence-corrected chi connectivity index (χ3v) is 7.45. The van der Waals surface area contributed by atoms with Crippen molar-refractivity contribution in [3.05, 3.63) is 57.9 Å². The highest BCUT2D eigenvalue weighted by atomic mass is 32.1. The molecule has 0 unspecified atom stereocenters. The Morgan fingerprint density at radius 2 is 1.96 bits per heavy atom. The molecule has 0 spiro atoms. The van der Waals surface area contributed by atoms with E-state index in [-0.39, 0.29) is 5.91 Å². The van der Waals surface area contributed by atoms with Gasteiger partial charge in [0.25, 0.3) is 5.91 Å². The molecule has 6 heteroatoms. The number of amides is 1. The van der Waals surface area contributed by atoms with E-state index >= 15 is 0 Å². The molecule has 142 valence electrons. The van der Waals surface area contributed by atoms with Gasteiger partial charge in [0.1, 0.15) is 21.5 Å². The number of para-hydroxylation sites is 1. The minimum absolute atomic E-state index is 0.115. The van der Waals surface area contributed by atoms with E-state index in [0.29, 0.717) is 11.3 Å². The minimum atomic E-state index is -0.115. The second kappa shape index (κ2) is 6.87. The predicted molar refractivity (Wildman–Crippen MR) is 116 cm³/mol. The van der Waals surface area contributed by atoms with Gasteiger partial charge in [-0.1, -0.05) is 12.1 Å². The summed E-state index contributed by atoms with van der Waals surface area (Å²) in [4.78, 5) is 19.2. The van der Waals surface area contributed by atoms with Crippen LogP contribution in [0, 0.1) is 13.8 Å². The monoisotopic (exact) mass is 408 g/mol. The van der Waals surface area contributed by atoms with E-state index in [1.165, 1.54) is 28.0 Å². The first-order chi connectivity index (χ1) is 13.6. The number of aryl methyl sites for hydroxylation is 3. The van der Waals surface area contributed by atoms with Crippen LogP contribution in [0.5, 0.6) is 0 Å². The number of hydrogen-bond acceptors (Lipinski definition) is 5. The van der Waals surface area contributed by atoms with Crippen molar-refractivity contribution in [1.29, 1.82) is 0 Å². The van der Waals surface area contributed by atoms with Crippen LogP contribution in [0.25, 0.3) is 20.8 Å². The van der Waals surface area contributed by atoms with E-state index in [2.05, 4.69) is 11.4 Å². The molecule has 3 aromatic heterocycles. The van der Waals surface area contributed by atoms with Crippen LogP contribution in [0.4, 0.5) is 5.00 Å². The van der Waals surface area contributed by atoms with Crippen molar-refractivity contribution in [1.82, 2.24) is 4.98 Å². The Morgan fingerprint density at radius 1 is 1.14 bits per heavy atom. The predicted octanol–water partition coefficient (Wildman–Crippen LogP) is 6.37. The van der Waals surface area contributed by atoms with Gasteiger partial charge in [-0.15, -0.1) is 22.7 Å². The Kier molecular flexibility index (Phi) is 4.33. The molecule has 1 aliphatic carbocycles. The van der Waals surface area contributed by atoms with Gasteiger partial charge in [0.2, 0.25) is 0 Å². The van der Waals surface area contributed by atoms with Gasteiger partial charge in [-0.2, -0.15) is 0 Å². The van der Waals surface area contributed by atoms with E-state index in [0.717, 1.165) is 39.7 Å². The molecule has 0 fully saturated rings. The van der Waals surface area contributed by atoms with Gasteiger partial charge in [0, 0.05) is 10.4 Å². The second-order valence-corrected chi connectivity index (χ2v) is 9.32. The van der Waals surface area contributed by atoms with Gasteiger partial charge >= 0.3 is 0 Å². The number of carbonyl (C=O) groups is 1. The zero-order valence-corrected chi connectivity index (χ0v) is 17.4. The number of benzene rings is 1. The summed E-state index contributed by atoms with van der Waals surface area (Å²) in [6.45, 7) is 3.69. The molecule has 4 nitrogen and oxygen atoms in total. The van der Waals surface area contributed by atoms with Crippen LogP contribution in [-0.4, -0.2) is 10.9 Å². The molecule has 0 radical (unpaired) electrons. The van der Waals surface area contributed by atoms with Crippen molar-refractivity contribution in [2.75, 3.05) is 5.32 Å². The molecule has 0 bridgehead atoms. The van der Waals surface area contributed by atoms with E-state index < -0.39 is 0 Å². The molecule has 1 N–H and O–H groups in total. The van der Waals surface area contributed by atoms with Crippen molar-refractivity contribution in [2.45, 2.75) is 39.5 Å². The van der Waals surface area contributed by atoms with Crippen molar-refractivity contribution < 1.29 is 9.21 Å². The maximum atomic E-state index is 12.9. The van der Waals surface area contributed by atoms with Crippen molar-refractivity contribution >= 4 is 43.8 Å². The molecule has 1 aliphatic rings. The standard InChI is InChI=1S/C22H20N2O2S2/c1-12-11-15(13(2)26-12)20(25)24-22-19(14-7-3-5-9-17(14)27-22)21-23-16-8-4-6-10-18(16)28-21/h4,6,8,10-11H,3,5,7,9H2,1-2H3,(H,24,25). The molecular weight excluding hydrogens is 388 g/mol. The molecule has 1 amide bonds. The van der Waals surface area contributed by atoms with Crippen LogP contribution in [0.15, 0.2) is 34.7 Å². The third kappa shape index (κ3) is 2.97. The number of nitrogens with one attached hydrogen (secondary N) is 1. The zero-order valence-electron chi connectivity index (χ0n) is 15.8. The number of anilines is 1. The fourth-order valence-electron chi connectivity index (χ4n) is 3.89.